The second-order valence-electron chi connectivity index (χ2n) is 4.11. The number of terminal acetylenes is 1. The Bertz CT molecular complexity index is 160. The summed E-state index contributed by atoms with van der Waals surface area (Å²) in [5.41, 5.74) is 0. The lowest BCUT2D eigenvalue weighted by Crippen LogP contribution is -2.19. The summed E-state index contributed by atoms with van der Waals surface area (Å²) >= 11 is 0. The average molecular weight is 210 g/mol. The van der Waals surface area contributed by atoms with Crippen molar-refractivity contribution in [2.24, 2.45) is 0 Å². The van der Waals surface area contributed by atoms with Crippen molar-refractivity contribution < 1.29 is 0 Å². The monoisotopic (exact) mass is 210 g/mol. The van der Waals surface area contributed by atoms with Gasteiger partial charge in [-0.1, -0.05) is 25.7 Å². The van der Waals surface area contributed by atoms with Crippen molar-refractivity contribution in [1.29, 1.82) is 0 Å². The molecule has 2 heteroatoms. The maximum Gasteiger partial charge on any atom is 0.0596 e. The number of unbranched alkanes of at least 4 members (excludes halogenated alkanes) is 3. The van der Waals surface area contributed by atoms with Gasteiger partial charge in [0.15, 0.2) is 0 Å². The van der Waals surface area contributed by atoms with Gasteiger partial charge in [-0.25, -0.2) is 0 Å². The normalized spacial score (nSPS) is 10.5. The molecule has 1 N–H and O–H groups in total. The van der Waals surface area contributed by atoms with Crippen LogP contribution in [-0.4, -0.2) is 38.1 Å². The minimum Gasteiger partial charge on any atom is -0.317 e. The van der Waals surface area contributed by atoms with Gasteiger partial charge in [0.1, 0.15) is 0 Å². The molecule has 0 saturated carbocycles. The highest BCUT2D eigenvalue weighted by atomic mass is 15.1. The topological polar surface area (TPSA) is 15.3 Å². The molecule has 0 aliphatic rings. The SMILES string of the molecule is C#CCN(C)CCCCCCNCCC. The molecule has 0 atom stereocenters. The van der Waals surface area contributed by atoms with Gasteiger partial charge < -0.3 is 5.32 Å². The van der Waals surface area contributed by atoms with Gasteiger partial charge in [0.25, 0.3) is 0 Å². The molecule has 0 rings (SSSR count). The molecule has 0 amide bonds. The molecule has 88 valence electrons. The summed E-state index contributed by atoms with van der Waals surface area (Å²) < 4.78 is 0. The third kappa shape index (κ3) is 11.4. The van der Waals surface area contributed by atoms with Crippen LogP contribution in [0.3, 0.4) is 0 Å². The highest BCUT2D eigenvalue weighted by molar-refractivity contribution is 4.86. The maximum absolute atomic E-state index is 5.23. The first-order valence-corrected chi connectivity index (χ1v) is 6.14. The van der Waals surface area contributed by atoms with E-state index in [4.69, 9.17) is 6.42 Å². The summed E-state index contributed by atoms with van der Waals surface area (Å²) in [6.07, 6.45) is 11.7. The Labute approximate surface area is 95.4 Å². The molecule has 0 heterocycles. The van der Waals surface area contributed by atoms with E-state index in [2.05, 4.69) is 30.1 Å². The molecule has 0 aromatic carbocycles. The molecule has 0 saturated heterocycles. The van der Waals surface area contributed by atoms with Crippen molar-refractivity contribution in [2.45, 2.75) is 39.0 Å². The van der Waals surface area contributed by atoms with Crippen LogP contribution in [-0.2, 0) is 0 Å². The fourth-order valence-electron chi connectivity index (χ4n) is 1.52. The zero-order valence-corrected chi connectivity index (χ0v) is 10.4. The minimum atomic E-state index is 0.776. The Hall–Kier alpha value is -0.520. The zero-order valence-electron chi connectivity index (χ0n) is 10.4. The van der Waals surface area contributed by atoms with Crippen LogP contribution < -0.4 is 5.32 Å². The molecule has 0 aromatic heterocycles. The second-order valence-corrected chi connectivity index (χ2v) is 4.11. The Morgan fingerprint density at radius 1 is 1.13 bits per heavy atom. The summed E-state index contributed by atoms with van der Waals surface area (Å²) in [4.78, 5) is 2.20. The number of nitrogens with zero attached hydrogens (tertiary/aromatic N) is 1. The van der Waals surface area contributed by atoms with Gasteiger partial charge in [0.2, 0.25) is 0 Å². The summed E-state index contributed by atoms with van der Waals surface area (Å²) in [6.45, 7) is 6.44. The van der Waals surface area contributed by atoms with Crippen molar-refractivity contribution in [3.63, 3.8) is 0 Å². The summed E-state index contributed by atoms with van der Waals surface area (Å²) in [5, 5.41) is 3.42. The van der Waals surface area contributed by atoms with Crippen molar-refractivity contribution >= 4 is 0 Å². The van der Waals surface area contributed by atoms with E-state index in [1.165, 1.54) is 38.6 Å². The quantitative estimate of drug-likeness (QED) is 0.439. The third-order valence-corrected chi connectivity index (χ3v) is 2.43. The largest absolute Gasteiger partial charge is 0.317 e. The van der Waals surface area contributed by atoms with Crippen LogP contribution >= 0.6 is 0 Å². The number of hydrogen-bond donors (Lipinski definition) is 1. The molecular weight excluding hydrogens is 184 g/mol. The molecule has 0 fully saturated rings. The first-order valence-electron chi connectivity index (χ1n) is 6.14. The van der Waals surface area contributed by atoms with E-state index in [1.807, 2.05) is 0 Å². The van der Waals surface area contributed by atoms with Crippen LogP contribution in [0.4, 0.5) is 0 Å². The van der Waals surface area contributed by atoms with Crippen molar-refractivity contribution in [1.82, 2.24) is 10.2 Å². The molecule has 2 nitrogen and oxygen atoms in total. The summed E-state index contributed by atoms with van der Waals surface area (Å²) in [7, 11) is 2.09. The summed E-state index contributed by atoms with van der Waals surface area (Å²) in [5.74, 6) is 2.66. The molecule has 0 aliphatic heterocycles. The molecular formula is C13H26N2. The standard InChI is InChI=1S/C13H26N2/c1-4-10-14-11-8-6-7-9-13-15(3)12-5-2/h2,14H,4,6-13H2,1,3H3. The van der Waals surface area contributed by atoms with Crippen molar-refractivity contribution in [3.8, 4) is 12.3 Å². The van der Waals surface area contributed by atoms with Crippen LogP contribution in [0.1, 0.15) is 39.0 Å². The van der Waals surface area contributed by atoms with Crippen LogP contribution in [0.5, 0.6) is 0 Å². The fraction of sp³-hybridized carbons (Fsp3) is 0.846. The predicted molar refractivity (Wildman–Crippen MR) is 68.0 cm³/mol. The Kier molecular flexibility index (Phi) is 11.2. The maximum atomic E-state index is 5.23. The van der Waals surface area contributed by atoms with E-state index < -0.39 is 0 Å². The zero-order chi connectivity index (χ0) is 11.4. The van der Waals surface area contributed by atoms with E-state index in [1.54, 1.807) is 0 Å². The van der Waals surface area contributed by atoms with Gasteiger partial charge in [0.05, 0.1) is 6.54 Å². The van der Waals surface area contributed by atoms with E-state index in [0.29, 0.717) is 0 Å². The number of nitrogens with one attached hydrogen (secondary N) is 1. The van der Waals surface area contributed by atoms with Gasteiger partial charge >= 0.3 is 0 Å². The first kappa shape index (κ1) is 14.5. The van der Waals surface area contributed by atoms with E-state index >= 15 is 0 Å². The van der Waals surface area contributed by atoms with Gasteiger partial charge in [-0.05, 0) is 45.9 Å². The highest BCUT2D eigenvalue weighted by Gasteiger charge is 1.95. The van der Waals surface area contributed by atoms with E-state index in [9.17, 15) is 0 Å². The Morgan fingerprint density at radius 2 is 1.87 bits per heavy atom. The average Bonchev–Trinajstić information content (AvgIpc) is 2.22. The molecule has 0 radical (unpaired) electrons. The third-order valence-electron chi connectivity index (χ3n) is 2.43. The predicted octanol–water partition coefficient (Wildman–Crippen LogP) is 2.11. The molecule has 0 spiro atoms. The van der Waals surface area contributed by atoms with Gasteiger partial charge in [-0.2, -0.15) is 0 Å². The lowest BCUT2D eigenvalue weighted by Gasteiger charge is -2.12. The lowest BCUT2D eigenvalue weighted by molar-refractivity contribution is 0.361. The highest BCUT2D eigenvalue weighted by Crippen LogP contribution is 2.00. The van der Waals surface area contributed by atoms with Gasteiger partial charge in [-0.3, -0.25) is 4.90 Å². The molecule has 0 bridgehead atoms. The van der Waals surface area contributed by atoms with Crippen LogP contribution in [0.25, 0.3) is 0 Å². The van der Waals surface area contributed by atoms with Crippen LogP contribution in [0.15, 0.2) is 0 Å². The van der Waals surface area contributed by atoms with Crippen molar-refractivity contribution in [3.05, 3.63) is 0 Å². The molecule has 0 unspecified atom stereocenters. The fourth-order valence-corrected chi connectivity index (χ4v) is 1.52. The molecule has 0 aliphatic carbocycles. The molecule has 15 heavy (non-hydrogen) atoms. The second kappa shape index (κ2) is 11.6. The first-order chi connectivity index (χ1) is 7.31. The Morgan fingerprint density at radius 3 is 2.53 bits per heavy atom. The smallest absolute Gasteiger partial charge is 0.0596 e. The summed E-state index contributed by atoms with van der Waals surface area (Å²) in [6, 6.07) is 0. The van der Waals surface area contributed by atoms with E-state index in [0.717, 1.165) is 19.6 Å². The van der Waals surface area contributed by atoms with E-state index in [-0.39, 0.29) is 0 Å². The lowest BCUT2D eigenvalue weighted by atomic mass is 10.2. The minimum absolute atomic E-state index is 0.776. The molecule has 0 aromatic rings. The number of rotatable bonds is 10. The van der Waals surface area contributed by atoms with Gasteiger partial charge in [-0.15, -0.1) is 6.42 Å². The van der Waals surface area contributed by atoms with Crippen LogP contribution in [0, 0.1) is 12.3 Å². The van der Waals surface area contributed by atoms with Crippen LogP contribution in [0.2, 0.25) is 0 Å². The Balaban J connectivity index is 3.02. The van der Waals surface area contributed by atoms with Gasteiger partial charge in [0, 0.05) is 0 Å². The van der Waals surface area contributed by atoms with Crippen molar-refractivity contribution in [2.75, 3.05) is 33.2 Å². The number of hydrogen-bond acceptors (Lipinski definition) is 2.